The Morgan fingerprint density at radius 2 is 2.30 bits per heavy atom. The van der Waals surface area contributed by atoms with Gasteiger partial charge in [-0.15, -0.1) is 0 Å². The Morgan fingerprint density at radius 1 is 1.50 bits per heavy atom. The SMILES string of the molecule is C=CCOc1ccccc1C(=O)N1CCCC(CO)C1. The van der Waals surface area contributed by atoms with Gasteiger partial charge in [0.1, 0.15) is 12.4 Å². The predicted molar refractivity (Wildman–Crippen MR) is 77.8 cm³/mol. The number of piperidine rings is 1. The summed E-state index contributed by atoms with van der Waals surface area (Å²) in [6.45, 7) is 5.49. The summed E-state index contributed by atoms with van der Waals surface area (Å²) in [4.78, 5) is 14.4. The molecule has 1 saturated heterocycles. The third-order valence-electron chi connectivity index (χ3n) is 3.54. The van der Waals surface area contributed by atoms with E-state index >= 15 is 0 Å². The number of hydrogen-bond donors (Lipinski definition) is 1. The van der Waals surface area contributed by atoms with Crippen molar-refractivity contribution >= 4 is 5.91 Å². The topological polar surface area (TPSA) is 49.8 Å². The van der Waals surface area contributed by atoms with E-state index in [4.69, 9.17) is 4.74 Å². The lowest BCUT2D eigenvalue weighted by Crippen LogP contribution is -2.41. The molecular formula is C16H21NO3. The Kier molecular flexibility index (Phi) is 5.18. The largest absolute Gasteiger partial charge is 0.489 e. The number of likely N-dealkylation sites (tertiary alicyclic amines) is 1. The van der Waals surface area contributed by atoms with Crippen LogP contribution in [0.4, 0.5) is 0 Å². The van der Waals surface area contributed by atoms with E-state index in [1.807, 2.05) is 12.1 Å². The van der Waals surface area contributed by atoms with Gasteiger partial charge in [-0.2, -0.15) is 0 Å². The van der Waals surface area contributed by atoms with Crippen LogP contribution in [0.15, 0.2) is 36.9 Å². The molecule has 4 nitrogen and oxygen atoms in total. The fraction of sp³-hybridized carbons (Fsp3) is 0.438. The van der Waals surface area contributed by atoms with E-state index in [1.54, 1.807) is 23.1 Å². The average Bonchev–Trinajstić information content (AvgIpc) is 2.52. The van der Waals surface area contributed by atoms with Gasteiger partial charge < -0.3 is 14.7 Å². The highest BCUT2D eigenvalue weighted by atomic mass is 16.5. The summed E-state index contributed by atoms with van der Waals surface area (Å²) in [5, 5.41) is 9.26. The maximum absolute atomic E-state index is 12.6. The molecule has 0 aliphatic carbocycles. The van der Waals surface area contributed by atoms with Crippen molar-refractivity contribution in [1.29, 1.82) is 0 Å². The summed E-state index contributed by atoms with van der Waals surface area (Å²) in [7, 11) is 0. The van der Waals surface area contributed by atoms with E-state index in [0.29, 0.717) is 24.5 Å². The van der Waals surface area contributed by atoms with Crippen LogP contribution in [0.2, 0.25) is 0 Å². The second kappa shape index (κ2) is 7.10. The van der Waals surface area contributed by atoms with Gasteiger partial charge in [0.05, 0.1) is 5.56 Å². The Balaban J connectivity index is 2.13. The Hall–Kier alpha value is -1.81. The molecule has 1 aromatic carbocycles. The van der Waals surface area contributed by atoms with Crippen LogP contribution in [0, 0.1) is 5.92 Å². The van der Waals surface area contributed by atoms with Crippen LogP contribution in [0.3, 0.4) is 0 Å². The van der Waals surface area contributed by atoms with Gasteiger partial charge in [0.15, 0.2) is 0 Å². The minimum Gasteiger partial charge on any atom is -0.489 e. The van der Waals surface area contributed by atoms with Crippen molar-refractivity contribution in [1.82, 2.24) is 4.90 Å². The number of aliphatic hydroxyl groups excluding tert-OH is 1. The first-order chi connectivity index (χ1) is 9.76. The lowest BCUT2D eigenvalue weighted by atomic mass is 9.98. The van der Waals surface area contributed by atoms with E-state index in [-0.39, 0.29) is 18.4 Å². The van der Waals surface area contributed by atoms with E-state index in [2.05, 4.69) is 6.58 Å². The first-order valence-corrected chi connectivity index (χ1v) is 6.99. The minimum atomic E-state index is -0.0252. The zero-order chi connectivity index (χ0) is 14.4. The van der Waals surface area contributed by atoms with Gasteiger partial charge in [0.2, 0.25) is 0 Å². The maximum atomic E-state index is 12.6. The number of hydrogen-bond acceptors (Lipinski definition) is 3. The number of aliphatic hydroxyl groups is 1. The van der Waals surface area contributed by atoms with Gasteiger partial charge >= 0.3 is 0 Å². The number of amides is 1. The standard InChI is InChI=1S/C16H21NO3/c1-2-10-20-15-8-4-3-7-14(15)16(19)17-9-5-6-13(11-17)12-18/h2-4,7-8,13,18H,1,5-6,9-12H2. The molecule has 1 heterocycles. The van der Waals surface area contributed by atoms with Crippen LogP contribution in [0.1, 0.15) is 23.2 Å². The van der Waals surface area contributed by atoms with E-state index in [1.165, 1.54) is 0 Å². The molecule has 108 valence electrons. The highest BCUT2D eigenvalue weighted by Gasteiger charge is 2.25. The van der Waals surface area contributed by atoms with Crippen molar-refractivity contribution in [2.24, 2.45) is 5.92 Å². The quantitative estimate of drug-likeness (QED) is 0.837. The molecule has 1 fully saturated rings. The number of nitrogens with zero attached hydrogens (tertiary/aromatic N) is 1. The number of carbonyl (C=O) groups excluding carboxylic acids is 1. The molecule has 0 spiro atoms. The zero-order valence-corrected chi connectivity index (χ0v) is 11.6. The Labute approximate surface area is 119 Å². The normalized spacial score (nSPS) is 18.6. The van der Waals surface area contributed by atoms with Gasteiger partial charge in [0, 0.05) is 19.7 Å². The minimum absolute atomic E-state index is 0.0252. The van der Waals surface area contributed by atoms with Gasteiger partial charge in [-0.25, -0.2) is 0 Å². The summed E-state index contributed by atoms with van der Waals surface area (Å²) >= 11 is 0. The highest BCUT2D eigenvalue weighted by Crippen LogP contribution is 2.23. The molecule has 20 heavy (non-hydrogen) atoms. The van der Waals surface area contributed by atoms with Crippen molar-refractivity contribution < 1.29 is 14.6 Å². The number of rotatable bonds is 5. The fourth-order valence-corrected chi connectivity index (χ4v) is 2.49. The summed E-state index contributed by atoms with van der Waals surface area (Å²) < 4.78 is 5.54. The Morgan fingerprint density at radius 3 is 3.05 bits per heavy atom. The number of benzene rings is 1. The van der Waals surface area contributed by atoms with Crippen LogP contribution in [-0.4, -0.2) is 42.2 Å². The van der Waals surface area contributed by atoms with E-state index in [0.717, 1.165) is 19.4 Å². The second-order valence-electron chi connectivity index (χ2n) is 5.04. The molecule has 1 unspecified atom stereocenters. The number of para-hydroxylation sites is 1. The summed E-state index contributed by atoms with van der Waals surface area (Å²) in [6, 6.07) is 7.26. The molecular weight excluding hydrogens is 254 g/mol. The van der Waals surface area contributed by atoms with Gasteiger partial charge in [-0.3, -0.25) is 4.79 Å². The zero-order valence-electron chi connectivity index (χ0n) is 11.6. The van der Waals surface area contributed by atoms with Gasteiger partial charge in [-0.1, -0.05) is 24.8 Å². The molecule has 1 atom stereocenters. The lowest BCUT2D eigenvalue weighted by Gasteiger charge is -2.32. The number of ether oxygens (including phenoxy) is 1. The van der Waals surface area contributed by atoms with Crippen molar-refractivity contribution in [2.75, 3.05) is 26.3 Å². The summed E-state index contributed by atoms with van der Waals surface area (Å²) in [6.07, 6.45) is 3.57. The van der Waals surface area contributed by atoms with E-state index in [9.17, 15) is 9.90 Å². The average molecular weight is 275 g/mol. The molecule has 1 aromatic rings. The molecule has 4 heteroatoms. The van der Waals surface area contributed by atoms with Crippen LogP contribution >= 0.6 is 0 Å². The van der Waals surface area contributed by atoms with Crippen LogP contribution < -0.4 is 4.74 Å². The molecule has 2 rings (SSSR count). The number of carbonyl (C=O) groups is 1. The molecule has 0 aromatic heterocycles. The van der Waals surface area contributed by atoms with Crippen molar-refractivity contribution in [3.63, 3.8) is 0 Å². The highest BCUT2D eigenvalue weighted by molar-refractivity contribution is 5.97. The van der Waals surface area contributed by atoms with Crippen molar-refractivity contribution in [2.45, 2.75) is 12.8 Å². The molecule has 1 aliphatic rings. The molecule has 1 amide bonds. The van der Waals surface area contributed by atoms with Crippen LogP contribution in [0.25, 0.3) is 0 Å². The van der Waals surface area contributed by atoms with Crippen molar-refractivity contribution in [3.8, 4) is 5.75 Å². The first kappa shape index (κ1) is 14.6. The third kappa shape index (κ3) is 3.39. The second-order valence-corrected chi connectivity index (χ2v) is 5.04. The van der Waals surface area contributed by atoms with Gasteiger partial charge in [-0.05, 0) is 30.9 Å². The summed E-state index contributed by atoms with van der Waals surface area (Å²) in [5.41, 5.74) is 0.577. The monoisotopic (exact) mass is 275 g/mol. The molecule has 1 N–H and O–H groups in total. The Bertz CT molecular complexity index is 473. The molecule has 0 saturated carbocycles. The third-order valence-corrected chi connectivity index (χ3v) is 3.54. The maximum Gasteiger partial charge on any atom is 0.257 e. The smallest absolute Gasteiger partial charge is 0.257 e. The summed E-state index contributed by atoms with van der Waals surface area (Å²) in [5.74, 6) is 0.750. The first-order valence-electron chi connectivity index (χ1n) is 6.99. The lowest BCUT2D eigenvalue weighted by molar-refractivity contribution is 0.0617. The molecule has 0 bridgehead atoms. The van der Waals surface area contributed by atoms with E-state index < -0.39 is 0 Å². The van der Waals surface area contributed by atoms with Gasteiger partial charge in [0.25, 0.3) is 5.91 Å². The van der Waals surface area contributed by atoms with Crippen LogP contribution in [-0.2, 0) is 0 Å². The molecule has 1 aliphatic heterocycles. The van der Waals surface area contributed by atoms with Crippen molar-refractivity contribution in [3.05, 3.63) is 42.5 Å². The van der Waals surface area contributed by atoms with Crippen LogP contribution in [0.5, 0.6) is 5.75 Å². The predicted octanol–water partition coefficient (Wildman–Crippen LogP) is 2.10. The fourth-order valence-electron chi connectivity index (χ4n) is 2.49. The molecule has 0 radical (unpaired) electrons.